The van der Waals surface area contributed by atoms with Crippen LogP contribution in [-0.2, 0) is 20.8 Å². The molecule has 136 valence electrons. The maximum absolute atomic E-state index is 12.6. The summed E-state index contributed by atoms with van der Waals surface area (Å²) in [4.78, 5) is 42.1. The molecule has 3 aromatic rings. The predicted molar refractivity (Wildman–Crippen MR) is 102 cm³/mol. The number of Topliss-reactive ketones (excluding diaryl/α,β-unsaturated/α-hetero) is 2. The second kappa shape index (κ2) is 6.83. The zero-order valence-electron chi connectivity index (χ0n) is 15.0. The van der Waals surface area contributed by atoms with Crippen molar-refractivity contribution < 1.29 is 14.4 Å². The Morgan fingerprint density at radius 2 is 1.74 bits per heavy atom. The van der Waals surface area contributed by atoms with Gasteiger partial charge in [0.15, 0.2) is 0 Å². The van der Waals surface area contributed by atoms with Crippen molar-refractivity contribution in [3.63, 3.8) is 0 Å². The van der Waals surface area contributed by atoms with Crippen molar-refractivity contribution in [1.82, 2.24) is 9.88 Å². The Balaban J connectivity index is 1.65. The highest BCUT2D eigenvalue weighted by atomic mass is 16.2. The molecule has 2 unspecified atom stereocenters. The number of para-hydroxylation sites is 1. The molecule has 1 aromatic heterocycles. The molecular weight excluding hydrogens is 340 g/mol. The van der Waals surface area contributed by atoms with Crippen molar-refractivity contribution in [2.75, 3.05) is 6.54 Å². The van der Waals surface area contributed by atoms with Crippen molar-refractivity contribution in [3.05, 3.63) is 71.9 Å². The standard InChI is InChI=1S/C22H20N2O3/c1-14(25)19-20(15-7-3-2-4-8-15)24(22(27)21(19)26)12-11-16-13-23-18-10-6-5-9-17(16)18/h2-10,13,19-20,23H,11-12H2,1H3. The monoisotopic (exact) mass is 360 g/mol. The van der Waals surface area contributed by atoms with Gasteiger partial charge in [-0.3, -0.25) is 14.4 Å². The Bertz CT molecular complexity index is 1020. The SMILES string of the molecule is CC(=O)C1C(=O)C(=O)N(CCc2c[nH]c3ccccc23)C1c1ccccc1. The molecule has 1 N–H and O–H groups in total. The first kappa shape index (κ1) is 17.2. The summed E-state index contributed by atoms with van der Waals surface area (Å²) in [6, 6.07) is 16.8. The number of hydrogen-bond donors (Lipinski definition) is 1. The van der Waals surface area contributed by atoms with Crippen LogP contribution >= 0.6 is 0 Å². The molecule has 1 fully saturated rings. The smallest absolute Gasteiger partial charge is 0.291 e. The van der Waals surface area contributed by atoms with Crippen LogP contribution in [0, 0.1) is 5.92 Å². The lowest BCUT2D eigenvalue weighted by atomic mass is 9.90. The number of benzene rings is 2. The number of ketones is 2. The van der Waals surface area contributed by atoms with E-state index in [2.05, 4.69) is 4.98 Å². The van der Waals surface area contributed by atoms with Crippen LogP contribution in [0.1, 0.15) is 24.1 Å². The second-order valence-corrected chi connectivity index (χ2v) is 6.92. The van der Waals surface area contributed by atoms with Crippen LogP contribution in [-0.4, -0.2) is 33.9 Å². The molecule has 0 saturated carbocycles. The summed E-state index contributed by atoms with van der Waals surface area (Å²) in [7, 11) is 0. The average Bonchev–Trinajstić information content (AvgIpc) is 3.20. The maximum Gasteiger partial charge on any atom is 0.291 e. The Morgan fingerprint density at radius 3 is 2.48 bits per heavy atom. The fourth-order valence-corrected chi connectivity index (χ4v) is 3.97. The normalized spacial score (nSPS) is 19.8. The Kier molecular flexibility index (Phi) is 4.36. The lowest BCUT2D eigenvalue weighted by Crippen LogP contribution is -2.32. The van der Waals surface area contributed by atoms with E-state index in [4.69, 9.17) is 0 Å². The molecule has 2 aromatic carbocycles. The Hall–Kier alpha value is -3.21. The van der Waals surface area contributed by atoms with Gasteiger partial charge in [0.2, 0.25) is 5.78 Å². The first-order valence-electron chi connectivity index (χ1n) is 9.03. The number of carbonyl (C=O) groups excluding carboxylic acids is 3. The van der Waals surface area contributed by atoms with Gasteiger partial charge >= 0.3 is 0 Å². The van der Waals surface area contributed by atoms with E-state index in [1.165, 1.54) is 6.92 Å². The molecule has 0 spiro atoms. The Morgan fingerprint density at radius 1 is 1.04 bits per heavy atom. The molecule has 5 nitrogen and oxygen atoms in total. The zero-order chi connectivity index (χ0) is 19.0. The lowest BCUT2D eigenvalue weighted by molar-refractivity contribution is -0.142. The number of nitrogens with zero attached hydrogens (tertiary/aromatic N) is 1. The van der Waals surface area contributed by atoms with E-state index in [1.54, 1.807) is 4.90 Å². The molecule has 1 aliphatic heterocycles. The molecular formula is C22H20N2O3. The molecule has 1 aliphatic rings. The molecule has 0 bridgehead atoms. The minimum Gasteiger partial charge on any atom is -0.361 e. The number of fused-ring (bicyclic) bond motifs is 1. The van der Waals surface area contributed by atoms with Crippen LogP contribution in [0.3, 0.4) is 0 Å². The summed E-state index contributed by atoms with van der Waals surface area (Å²) in [5, 5.41) is 1.11. The number of hydrogen-bond acceptors (Lipinski definition) is 3. The third-order valence-electron chi connectivity index (χ3n) is 5.28. The van der Waals surface area contributed by atoms with Gasteiger partial charge in [-0.15, -0.1) is 0 Å². The van der Waals surface area contributed by atoms with Gasteiger partial charge in [-0.1, -0.05) is 48.5 Å². The van der Waals surface area contributed by atoms with Gasteiger partial charge in [-0.25, -0.2) is 0 Å². The number of carbonyl (C=O) groups is 3. The first-order valence-corrected chi connectivity index (χ1v) is 9.03. The Labute approximate surface area is 157 Å². The first-order chi connectivity index (χ1) is 13.1. The molecule has 27 heavy (non-hydrogen) atoms. The van der Waals surface area contributed by atoms with Crippen molar-refractivity contribution in [2.24, 2.45) is 5.92 Å². The number of aromatic nitrogens is 1. The largest absolute Gasteiger partial charge is 0.361 e. The minimum atomic E-state index is -0.928. The van der Waals surface area contributed by atoms with Crippen LogP contribution in [0.5, 0.6) is 0 Å². The van der Waals surface area contributed by atoms with Gasteiger partial charge in [0.05, 0.1) is 6.04 Å². The maximum atomic E-state index is 12.6. The summed E-state index contributed by atoms with van der Waals surface area (Å²) in [6.45, 7) is 1.77. The van der Waals surface area contributed by atoms with E-state index in [1.807, 2.05) is 60.8 Å². The number of aromatic amines is 1. The molecule has 2 atom stereocenters. The third kappa shape index (κ3) is 2.95. The fourth-order valence-electron chi connectivity index (χ4n) is 3.97. The van der Waals surface area contributed by atoms with Crippen LogP contribution in [0.15, 0.2) is 60.8 Å². The number of likely N-dealkylation sites (tertiary alicyclic amines) is 1. The second-order valence-electron chi connectivity index (χ2n) is 6.92. The quantitative estimate of drug-likeness (QED) is 0.561. The number of nitrogens with one attached hydrogen (secondary N) is 1. The van der Waals surface area contributed by atoms with E-state index in [0.29, 0.717) is 13.0 Å². The van der Waals surface area contributed by atoms with Crippen molar-refractivity contribution >= 4 is 28.4 Å². The van der Waals surface area contributed by atoms with Crippen molar-refractivity contribution in [1.29, 1.82) is 0 Å². The highest BCUT2D eigenvalue weighted by molar-refractivity contribution is 6.42. The molecule has 1 saturated heterocycles. The van der Waals surface area contributed by atoms with Gasteiger partial charge in [-0.2, -0.15) is 0 Å². The van der Waals surface area contributed by atoms with Gasteiger partial charge in [0, 0.05) is 23.6 Å². The molecule has 0 aliphatic carbocycles. The fraction of sp³-hybridized carbons (Fsp3) is 0.227. The van der Waals surface area contributed by atoms with E-state index in [-0.39, 0.29) is 5.78 Å². The molecule has 2 heterocycles. The summed E-state index contributed by atoms with van der Waals surface area (Å²) >= 11 is 0. The third-order valence-corrected chi connectivity index (χ3v) is 5.28. The van der Waals surface area contributed by atoms with Gasteiger partial charge in [0.25, 0.3) is 5.91 Å². The highest BCUT2D eigenvalue weighted by Gasteiger charge is 2.49. The molecule has 4 rings (SSSR count). The van der Waals surface area contributed by atoms with Gasteiger partial charge < -0.3 is 9.88 Å². The summed E-state index contributed by atoms with van der Waals surface area (Å²) in [5.74, 6) is -2.36. The van der Waals surface area contributed by atoms with Crippen LogP contribution in [0.25, 0.3) is 10.9 Å². The van der Waals surface area contributed by atoms with Crippen LogP contribution in [0.4, 0.5) is 0 Å². The highest BCUT2D eigenvalue weighted by Crippen LogP contribution is 2.37. The van der Waals surface area contributed by atoms with E-state index in [9.17, 15) is 14.4 Å². The number of amides is 1. The zero-order valence-corrected chi connectivity index (χ0v) is 15.0. The average molecular weight is 360 g/mol. The topological polar surface area (TPSA) is 70.2 Å². The predicted octanol–water partition coefficient (Wildman–Crippen LogP) is 3.07. The minimum absolute atomic E-state index is 0.267. The lowest BCUT2D eigenvalue weighted by Gasteiger charge is -2.26. The van der Waals surface area contributed by atoms with Crippen molar-refractivity contribution in [3.8, 4) is 0 Å². The van der Waals surface area contributed by atoms with Crippen LogP contribution in [0.2, 0.25) is 0 Å². The van der Waals surface area contributed by atoms with E-state index in [0.717, 1.165) is 22.0 Å². The van der Waals surface area contributed by atoms with Crippen molar-refractivity contribution in [2.45, 2.75) is 19.4 Å². The molecule has 5 heteroatoms. The van der Waals surface area contributed by atoms with Crippen LogP contribution < -0.4 is 0 Å². The van der Waals surface area contributed by atoms with E-state index >= 15 is 0 Å². The number of H-pyrrole nitrogens is 1. The summed E-state index contributed by atoms with van der Waals surface area (Å²) < 4.78 is 0. The molecule has 0 radical (unpaired) electrons. The number of rotatable bonds is 5. The summed E-state index contributed by atoms with van der Waals surface area (Å²) in [5.41, 5.74) is 2.94. The van der Waals surface area contributed by atoms with E-state index < -0.39 is 23.7 Å². The summed E-state index contributed by atoms with van der Waals surface area (Å²) in [6.07, 6.45) is 2.55. The molecule has 1 amide bonds. The van der Waals surface area contributed by atoms with Gasteiger partial charge in [-0.05, 0) is 30.5 Å². The van der Waals surface area contributed by atoms with Gasteiger partial charge in [0.1, 0.15) is 11.7 Å².